The van der Waals surface area contributed by atoms with E-state index < -0.39 is 0 Å². The van der Waals surface area contributed by atoms with Gasteiger partial charge in [0, 0.05) is 12.1 Å². The number of aromatic amines is 1. The first-order valence-corrected chi connectivity index (χ1v) is 9.12. The van der Waals surface area contributed by atoms with Crippen molar-refractivity contribution in [2.24, 2.45) is 5.92 Å². The fourth-order valence-corrected chi connectivity index (χ4v) is 3.34. The zero-order chi connectivity index (χ0) is 18.5. The number of nitrogens with one attached hydrogen (secondary N) is 2. The van der Waals surface area contributed by atoms with Gasteiger partial charge in [-0.2, -0.15) is 0 Å². The number of nitrogens with zero attached hydrogens (tertiary/aromatic N) is 2. The standard InChI is InChI=1S/C19H26N4O3/c1-13-5-7-23(8-6-13)16(17-4-3-9-26-17)11-20-18(24)10-15-14(2)19(25)22-12-21-15/h3-4,9,12-13,16H,5-8,10-11H2,1-2H3,(H,20,24)(H,21,22,25). The van der Waals surface area contributed by atoms with Crippen molar-refractivity contribution in [3.05, 3.63) is 52.1 Å². The van der Waals surface area contributed by atoms with Gasteiger partial charge in [-0.15, -0.1) is 0 Å². The smallest absolute Gasteiger partial charge is 0.253 e. The molecule has 3 rings (SSSR count). The summed E-state index contributed by atoms with van der Waals surface area (Å²) in [5, 5.41) is 2.98. The first-order valence-electron chi connectivity index (χ1n) is 9.12. The summed E-state index contributed by atoms with van der Waals surface area (Å²) in [6.45, 7) is 6.42. The van der Waals surface area contributed by atoms with E-state index in [9.17, 15) is 9.59 Å². The van der Waals surface area contributed by atoms with Gasteiger partial charge < -0.3 is 14.7 Å². The Hall–Kier alpha value is -2.41. The molecule has 1 aliphatic rings. The van der Waals surface area contributed by atoms with Crippen LogP contribution < -0.4 is 10.9 Å². The number of hydrogen-bond donors (Lipinski definition) is 2. The first kappa shape index (κ1) is 18.4. The van der Waals surface area contributed by atoms with Crippen LogP contribution in [-0.4, -0.2) is 40.4 Å². The number of carbonyl (C=O) groups excluding carboxylic acids is 1. The summed E-state index contributed by atoms with van der Waals surface area (Å²) in [5.41, 5.74) is 0.779. The summed E-state index contributed by atoms with van der Waals surface area (Å²) in [7, 11) is 0. The molecule has 0 radical (unpaired) electrons. The average Bonchev–Trinajstić information content (AvgIpc) is 3.15. The normalized spacial score (nSPS) is 17.2. The van der Waals surface area contributed by atoms with Gasteiger partial charge in [0.25, 0.3) is 5.56 Å². The van der Waals surface area contributed by atoms with E-state index in [1.807, 2.05) is 12.1 Å². The Morgan fingerprint density at radius 2 is 2.23 bits per heavy atom. The number of aromatic nitrogens is 2. The lowest BCUT2D eigenvalue weighted by Gasteiger charge is -2.35. The van der Waals surface area contributed by atoms with E-state index in [-0.39, 0.29) is 23.9 Å². The van der Waals surface area contributed by atoms with Crippen molar-refractivity contribution >= 4 is 5.91 Å². The van der Waals surface area contributed by atoms with E-state index in [1.54, 1.807) is 13.2 Å². The Labute approximate surface area is 152 Å². The van der Waals surface area contributed by atoms with Crippen molar-refractivity contribution in [3.8, 4) is 0 Å². The molecule has 140 valence electrons. The third-order valence-corrected chi connectivity index (χ3v) is 5.14. The fraction of sp³-hybridized carbons (Fsp3) is 0.526. The minimum absolute atomic E-state index is 0.0229. The van der Waals surface area contributed by atoms with E-state index >= 15 is 0 Å². The van der Waals surface area contributed by atoms with Crippen LogP contribution in [0.5, 0.6) is 0 Å². The number of piperidine rings is 1. The van der Waals surface area contributed by atoms with Gasteiger partial charge in [-0.3, -0.25) is 14.5 Å². The van der Waals surface area contributed by atoms with Crippen molar-refractivity contribution in [1.29, 1.82) is 0 Å². The molecule has 1 amide bonds. The van der Waals surface area contributed by atoms with Crippen LogP contribution in [0.15, 0.2) is 33.9 Å². The van der Waals surface area contributed by atoms with Gasteiger partial charge in [0.1, 0.15) is 5.76 Å². The number of rotatable bonds is 6. The third kappa shape index (κ3) is 4.40. The van der Waals surface area contributed by atoms with Crippen molar-refractivity contribution in [1.82, 2.24) is 20.2 Å². The maximum Gasteiger partial charge on any atom is 0.253 e. The lowest BCUT2D eigenvalue weighted by atomic mass is 9.97. The zero-order valence-corrected chi connectivity index (χ0v) is 15.3. The van der Waals surface area contributed by atoms with Crippen LogP contribution in [0.25, 0.3) is 0 Å². The molecule has 3 heterocycles. The molecule has 0 saturated carbocycles. The maximum atomic E-state index is 12.4. The predicted molar refractivity (Wildman–Crippen MR) is 97.7 cm³/mol. The Bertz CT molecular complexity index is 776. The number of furan rings is 1. The lowest BCUT2D eigenvalue weighted by molar-refractivity contribution is -0.120. The highest BCUT2D eigenvalue weighted by Crippen LogP contribution is 2.26. The van der Waals surface area contributed by atoms with Gasteiger partial charge in [0.2, 0.25) is 5.91 Å². The second-order valence-electron chi connectivity index (χ2n) is 7.03. The van der Waals surface area contributed by atoms with E-state index in [4.69, 9.17) is 4.42 Å². The van der Waals surface area contributed by atoms with Crippen molar-refractivity contribution < 1.29 is 9.21 Å². The van der Waals surface area contributed by atoms with Gasteiger partial charge in [0.05, 0.1) is 30.7 Å². The Morgan fingerprint density at radius 1 is 1.46 bits per heavy atom. The Kier molecular flexibility index (Phi) is 5.88. The van der Waals surface area contributed by atoms with Crippen molar-refractivity contribution in [2.45, 2.75) is 39.2 Å². The number of carbonyl (C=O) groups is 1. The van der Waals surface area contributed by atoms with Crippen molar-refractivity contribution in [2.75, 3.05) is 19.6 Å². The predicted octanol–water partition coefficient (Wildman–Crippen LogP) is 1.80. The van der Waals surface area contributed by atoms with Gasteiger partial charge in [0.15, 0.2) is 0 Å². The molecular formula is C19H26N4O3. The highest BCUT2D eigenvalue weighted by Gasteiger charge is 2.27. The molecule has 0 aromatic carbocycles. The molecule has 1 fully saturated rings. The number of amides is 1. The Morgan fingerprint density at radius 3 is 2.92 bits per heavy atom. The van der Waals surface area contributed by atoms with Crippen LogP contribution in [0.1, 0.15) is 42.8 Å². The molecule has 1 atom stereocenters. The molecule has 0 aliphatic carbocycles. The van der Waals surface area contributed by atoms with E-state index in [0.717, 1.165) is 37.6 Å². The SMILES string of the molecule is Cc1c(CC(=O)NCC(c2ccco2)N2CCC(C)CC2)nc[nH]c1=O. The van der Waals surface area contributed by atoms with Gasteiger partial charge in [-0.25, -0.2) is 4.98 Å². The molecule has 1 saturated heterocycles. The molecule has 1 aliphatic heterocycles. The van der Waals surface area contributed by atoms with Crippen LogP contribution >= 0.6 is 0 Å². The zero-order valence-electron chi connectivity index (χ0n) is 15.3. The second-order valence-corrected chi connectivity index (χ2v) is 7.03. The molecule has 7 nitrogen and oxygen atoms in total. The van der Waals surface area contributed by atoms with Crippen LogP contribution in [0, 0.1) is 12.8 Å². The summed E-state index contributed by atoms with van der Waals surface area (Å²) in [4.78, 5) is 33.0. The highest BCUT2D eigenvalue weighted by molar-refractivity contribution is 5.78. The molecule has 0 bridgehead atoms. The summed E-state index contributed by atoms with van der Waals surface area (Å²) in [5.74, 6) is 1.46. The highest BCUT2D eigenvalue weighted by atomic mass is 16.3. The molecule has 1 unspecified atom stereocenters. The first-order chi connectivity index (χ1) is 12.5. The van der Waals surface area contributed by atoms with Crippen LogP contribution in [0.2, 0.25) is 0 Å². The van der Waals surface area contributed by atoms with Crippen LogP contribution in [0.4, 0.5) is 0 Å². The summed E-state index contributed by atoms with van der Waals surface area (Å²) in [6, 6.07) is 3.85. The fourth-order valence-electron chi connectivity index (χ4n) is 3.34. The Balaban J connectivity index is 1.63. The number of H-pyrrole nitrogens is 1. The van der Waals surface area contributed by atoms with E-state index in [0.29, 0.717) is 17.8 Å². The summed E-state index contributed by atoms with van der Waals surface area (Å²) < 4.78 is 5.61. The molecular weight excluding hydrogens is 332 g/mol. The van der Waals surface area contributed by atoms with E-state index in [1.165, 1.54) is 6.33 Å². The topological polar surface area (TPSA) is 91.2 Å². The quantitative estimate of drug-likeness (QED) is 0.822. The summed E-state index contributed by atoms with van der Waals surface area (Å²) in [6.07, 6.45) is 5.40. The molecule has 7 heteroatoms. The minimum atomic E-state index is -0.210. The van der Waals surface area contributed by atoms with E-state index in [2.05, 4.69) is 27.1 Å². The molecule has 2 aromatic rings. The second kappa shape index (κ2) is 8.31. The molecule has 2 aromatic heterocycles. The average molecular weight is 358 g/mol. The minimum Gasteiger partial charge on any atom is -0.468 e. The van der Waals surface area contributed by atoms with Crippen LogP contribution in [-0.2, 0) is 11.2 Å². The third-order valence-electron chi connectivity index (χ3n) is 5.14. The molecule has 26 heavy (non-hydrogen) atoms. The van der Waals surface area contributed by atoms with Gasteiger partial charge in [-0.1, -0.05) is 6.92 Å². The summed E-state index contributed by atoms with van der Waals surface area (Å²) >= 11 is 0. The van der Waals surface area contributed by atoms with Crippen molar-refractivity contribution in [3.63, 3.8) is 0 Å². The molecule has 2 N–H and O–H groups in total. The maximum absolute atomic E-state index is 12.4. The lowest BCUT2D eigenvalue weighted by Crippen LogP contribution is -2.42. The van der Waals surface area contributed by atoms with Gasteiger partial charge >= 0.3 is 0 Å². The monoisotopic (exact) mass is 358 g/mol. The number of hydrogen-bond acceptors (Lipinski definition) is 5. The number of likely N-dealkylation sites (tertiary alicyclic amines) is 1. The largest absolute Gasteiger partial charge is 0.468 e. The van der Waals surface area contributed by atoms with Crippen LogP contribution in [0.3, 0.4) is 0 Å². The molecule has 0 spiro atoms. The van der Waals surface area contributed by atoms with Gasteiger partial charge in [-0.05, 0) is 50.9 Å².